The van der Waals surface area contributed by atoms with Crippen LogP contribution in [0.3, 0.4) is 0 Å². The van der Waals surface area contributed by atoms with Crippen molar-refractivity contribution in [1.29, 1.82) is 0 Å². The van der Waals surface area contributed by atoms with Crippen LogP contribution in [0.4, 0.5) is 15.8 Å². The Morgan fingerprint density at radius 3 is 2.38 bits per heavy atom. The molecule has 0 aliphatic heterocycles. The van der Waals surface area contributed by atoms with Crippen LogP contribution in [-0.2, 0) is 11.3 Å². The van der Waals surface area contributed by atoms with Gasteiger partial charge in [-0.3, -0.25) is 4.79 Å². The Morgan fingerprint density at radius 1 is 0.966 bits per heavy atom. The van der Waals surface area contributed by atoms with Gasteiger partial charge in [0.05, 0.1) is 14.5 Å². The SMILES string of the molecule is O=C(COc1ccc(CNc2ccc(Cl)c(Cl)c2)cc1Br)Nc1ccc(F)cc1. The predicted octanol–water partition coefficient (Wildman–Crippen LogP) is 6.52. The summed E-state index contributed by atoms with van der Waals surface area (Å²) in [4.78, 5) is 12.0. The maximum atomic E-state index is 12.9. The van der Waals surface area contributed by atoms with Crippen LogP contribution in [0.5, 0.6) is 5.75 Å². The van der Waals surface area contributed by atoms with Crippen LogP contribution in [-0.4, -0.2) is 12.5 Å². The first kappa shape index (κ1) is 21.4. The van der Waals surface area contributed by atoms with Crippen LogP contribution in [0, 0.1) is 5.82 Å². The molecule has 0 saturated heterocycles. The lowest BCUT2D eigenvalue weighted by atomic mass is 10.2. The number of hydrogen-bond acceptors (Lipinski definition) is 3. The lowest BCUT2D eigenvalue weighted by Crippen LogP contribution is -2.20. The van der Waals surface area contributed by atoms with Gasteiger partial charge in [0.25, 0.3) is 5.91 Å². The predicted molar refractivity (Wildman–Crippen MR) is 118 cm³/mol. The number of halogens is 4. The fourth-order valence-corrected chi connectivity index (χ4v) is 3.29. The summed E-state index contributed by atoms with van der Waals surface area (Å²) in [5.74, 6) is -0.164. The van der Waals surface area contributed by atoms with Gasteiger partial charge in [0.2, 0.25) is 0 Å². The van der Waals surface area contributed by atoms with E-state index in [0.717, 1.165) is 15.7 Å². The monoisotopic (exact) mass is 496 g/mol. The third-order valence-electron chi connectivity index (χ3n) is 3.90. The summed E-state index contributed by atoms with van der Waals surface area (Å²) in [6.07, 6.45) is 0. The molecule has 2 N–H and O–H groups in total. The largest absolute Gasteiger partial charge is 0.483 e. The van der Waals surface area contributed by atoms with E-state index in [1.807, 2.05) is 18.2 Å². The summed E-state index contributed by atoms with van der Waals surface area (Å²) >= 11 is 15.4. The van der Waals surface area contributed by atoms with Gasteiger partial charge < -0.3 is 15.4 Å². The zero-order valence-corrected chi connectivity index (χ0v) is 18.1. The minimum atomic E-state index is -0.364. The van der Waals surface area contributed by atoms with Crippen molar-refractivity contribution in [2.24, 2.45) is 0 Å². The van der Waals surface area contributed by atoms with Crippen molar-refractivity contribution in [1.82, 2.24) is 0 Å². The second kappa shape index (κ2) is 9.96. The number of carbonyl (C=O) groups is 1. The lowest BCUT2D eigenvalue weighted by Gasteiger charge is -2.11. The zero-order chi connectivity index (χ0) is 20.8. The number of ether oxygens (including phenoxy) is 1. The summed E-state index contributed by atoms with van der Waals surface area (Å²) in [6.45, 7) is 0.402. The minimum absolute atomic E-state index is 0.170. The van der Waals surface area contributed by atoms with E-state index in [4.69, 9.17) is 27.9 Å². The normalized spacial score (nSPS) is 10.5. The first-order valence-corrected chi connectivity index (χ1v) is 10.1. The molecule has 0 fully saturated rings. The van der Waals surface area contributed by atoms with E-state index in [1.165, 1.54) is 24.3 Å². The van der Waals surface area contributed by atoms with Crippen molar-refractivity contribution in [3.8, 4) is 5.75 Å². The highest BCUT2D eigenvalue weighted by Crippen LogP contribution is 2.28. The molecule has 8 heteroatoms. The molecule has 3 aromatic rings. The average Bonchev–Trinajstić information content (AvgIpc) is 2.70. The first-order valence-electron chi connectivity index (χ1n) is 8.56. The molecule has 0 heterocycles. The van der Waals surface area contributed by atoms with Crippen molar-refractivity contribution in [3.63, 3.8) is 0 Å². The number of nitrogens with one attached hydrogen (secondary N) is 2. The first-order chi connectivity index (χ1) is 13.9. The van der Waals surface area contributed by atoms with E-state index < -0.39 is 0 Å². The van der Waals surface area contributed by atoms with Gasteiger partial charge in [0.15, 0.2) is 6.61 Å². The molecule has 0 aliphatic rings. The minimum Gasteiger partial charge on any atom is -0.483 e. The second-order valence-electron chi connectivity index (χ2n) is 6.09. The van der Waals surface area contributed by atoms with E-state index in [1.54, 1.807) is 18.2 Å². The molecule has 1 amide bonds. The molecule has 0 saturated carbocycles. The number of carbonyl (C=O) groups excluding carboxylic acids is 1. The lowest BCUT2D eigenvalue weighted by molar-refractivity contribution is -0.118. The molecule has 0 atom stereocenters. The van der Waals surface area contributed by atoms with Crippen LogP contribution in [0.1, 0.15) is 5.56 Å². The van der Waals surface area contributed by atoms with Gasteiger partial charge in [-0.05, 0) is 76.1 Å². The van der Waals surface area contributed by atoms with Crippen LogP contribution in [0.25, 0.3) is 0 Å². The summed E-state index contributed by atoms with van der Waals surface area (Å²) in [7, 11) is 0. The molecule has 0 radical (unpaired) electrons. The number of rotatable bonds is 7. The van der Waals surface area contributed by atoms with E-state index in [0.29, 0.717) is 28.0 Å². The van der Waals surface area contributed by atoms with Gasteiger partial charge in [-0.2, -0.15) is 0 Å². The van der Waals surface area contributed by atoms with Crippen LogP contribution in [0.15, 0.2) is 65.1 Å². The van der Waals surface area contributed by atoms with Crippen molar-refractivity contribution in [2.45, 2.75) is 6.54 Å². The van der Waals surface area contributed by atoms with E-state index in [-0.39, 0.29) is 18.3 Å². The van der Waals surface area contributed by atoms with Gasteiger partial charge in [-0.15, -0.1) is 0 Å². The maximum Gasteiger partial charge on any atom is 0.262 e. The highest BCUT2D eigenvalue weighted by Gasteiger charge is 2.08. The molecule has 150 valence electrons. The molecule has 3 rings (SSSR count). The van der Waals surface area contributed by atoms with E-state index in [9.17, 15) is 9.18 Å². The molecule has 0 unspecified atom stereocenters. The van der Waals surface area contributed by atoms with Crippen LogP contribution < -0.4 is 15.4 Å². The Morgan fingerprint density at radius 2 is 1.69 bits per heavy atom. The highest BCUT2D eigenvalue weighted by molar-refractivity contribution is 9.10. The standard InChI is InChI=1S/C21H16BrCl2FN2O2/c22-17-9-13(11-26-16-6-7-18(23)19(24)10-16)1-8-20(17)29-12-21(28)27-15-4-2-14(25)3-5-15/h1-10,26H,11-12H2,(H,27,28). The van der Waals surface area contributed by atoms with Gasteiger partial charge >= 0.3 is 0 Å². The van der Waals surface area contributed by atoms with E-state index in [2.05, 4.69) is 26.6 Å². The molecule has 3 aromatic carbocycles. The summed E-state index contributed by atoms with van der Waals surface area (Å²) in [5, 5.41) is 6.89. The fraction of sp³-hybridized carbons (Fsp3) is 0.0952. The van der Waals surface area contributed by atoms with Crippen LogP contribution in [0.2, 0.25) is 10.0 Å². The zero-order valence-electron chi connectivity index (χ0n) is 15.0. The third kappa shape index (κ3) is 6.35. The summed E-state index contributed by atoms with van der Waals surface area (Å²) < 4.78 is 19.2. The van der Waals surface area contributed by atoms with Crippen LogP contribution >= 0.6 is 39.1 Å². The van der Waals surface area contributed by atoms with E-state index >= 15 is 0 Å². The Labute approximate surface area is 186 Å². The van der Waals surface area contributed by atoms with Crippen molar-refractivity contribution >= 4 is 56.4 Å². The Bertz CT molecular complexity index is 1020. The third-order valence-corrected chi connectivity index (χ3v) is 5.26. The summed E-state index contributed by atoms with van der Waals surface area (Å²) in [5.41, 5.74) is 2.36. The maximum absolute atomic E-state index is 12.9. The van der Waals surface area contributed by atoms with Crippen molar-refractivity contribution < 1.29 is 13.9 Å². The van der Waals surface area contributed by atoms with Crippen molar-refractivity contribution in [2.75, 3.05) is 17.2 Å². The Balaban J connectivity index is 1.52. The van der Waals surface area contributed by atoms with Gasteiger partial charge in [0, 0.05) is 17.9 Å². The van der Waals surface area contributed by atoms with Gasteiger partial charge in [-0.1, -0.05) is 29.3 Å². The fourth-order valence-electron chi connectivity index (χ4n) is 2.46. The molecule has 0 aromatic heterocycles. The Hall–Kier alpha value is -2.28. The highest BCUT2D eigenvalue weighted by atomic mass is 79.9. The molecular weight excluding hydrogens is 482 g/mol. The summed E-state index contributed by atoms with van der Waals surface area (Å²) in [6, 6.07) is 16.4. The molecule has 0 spiro atoms. The molecule has 0 bridgehead atoms. The Kier molecular flexibility index (Phi) is 7.36. The number of benzene rings is 3. The molecule has 0 aliphatic carbocycles. The molecule has 4 nitrogen and oxygen atoms in total. The topological polar surface area (TPSA) is 50.4 Å². The van der Waals surface area contributed by atoms with Crippen molar-refractivity contribution in [3.05, 3.63) is 86.6 Å². The second-order valence-corrected chi connectivity index (χ2v) is 7.76. The average molecular weight is 498 g/mol. The molecular formula is C21H16BrCl2FN2O2. The molecule has 29 heavy (non-hydrogen) atoms. The number of anilines is 2. The number of amides is 1. The van der Waals surface area contributed by atoms with Gasteiger partial charge in [0.1, 0.15) is 11.6 Å². The number of hydrogen-bond donors (Lipinski definition) is 2. The van der Waals surface area contributed by atoms with Gasteiger partial charge in [-0.25, -0.2) is 4.39 Å². The quantitative estimate of drug-likeness (QED) is 0.390. The smallest absolute Gasteiger partial charge is 0.262 e.